The molecule has 4 heterocycles. The quantitative estimate of drug-likeness (QED) is 0.342. The second-order valence-corrected chi connectivity index (χ2v) is 10.8. The van der Waals surface area contributed by atoms with Gasteiger partial charge in [-0.1, -0.05) is 6.92 Å². The van der Waals surface area contributed by atoms with Gasteiger partial charge >= 0.3 is 0 Å². The Hall–Kier alpha value is -3.49. The molecule has 12 nitrogen and oxygen atoms in total. The number of aryl methyl sites for hydroxylation is 1. The lowest BCUT2D eigenvalue weighted by Crippen LogP contribution is -2.34. The van der Waals surface area contributed by atoms with Crippen molar-refractivity contribution in [3.63, 3.8) is 0 Å². The molecule has 1 aromatic carbocycles. The number of hydrogen-bond donors (Lipinski definition) is 1. The van der Waals surface area contributed by atoms with Gasteiger partial charge in [-0.3, -0.25) is 4.55 Å². The van der Waals surface area contributed by atoms with Crippen molar-refractivity contribution >= 4 is 27.4 Å². The molecule has 37 heavy (non-hydrogen) atoms. The first-order chi connectivity index (χ1) is 17.8. The van der Waals surface area contributed by atoms with Crippen molar-refractivity contribution in [1.82, 2.24) is 35.2 Å². The molecule has 0 unspecified atom stereocenters. The zero-order chi connectivity index (χ0) is 26.3. The van der Waals surface area contributed by atoms with E-state index in [0.717, 1.165) is 55.4 Å². The summed E-state index contributed by atoms with van der Waals surface area (Å²) < 4.78 is 33.4. The van der Waals surface area contributed by atoms with Crippen molar-refractivity contribution in [3.8, 4) is 11.4 Å². The van der Waals surface area contributed by atoms with Gasteiger partial charge in [0, 0.05) is 36.8 Å². The maximum absolute atomic E-state index is 9.19. The maximum Gasteiger partial charge on any atom is 0.261 e. The number of anilines is 1. The molecule has 1 fully saturated rings. The second-order valence-electron chi connectivity index (χ2n) is 8.45. The molecule has 1 N–H and O–H groups in total. The zero-order valence-electron chi connectivity index (χ0n) is 20.5. The fourth-order valence-corrected chi connectivity index (χ4v) is 4.70. The van der Waals surface area contributed by atoms with Crippen molar-refractivity contribution in [3.05, 3.63) is 64.6 Å². The summed E-state index contributed by atoms with van der Waals surface area (Å²) in [5.41, 5.74) is 3.02. The minimum Gasteiger partial charge on any atom is -0.487 e. The summed E-state index contributed by atoms with van der Waals surface area (Å²) >= 11 is 1.73. The molecule has 0 aliphatic carbocycles. The van der Waals surface area contributed by atoms with E-state index in [1.54, 1.807) is 22.3 Å². The number of ether oxygens (including phenoxy) is 1. The molecule has 0 amide bonds. The van der Waals surface area contributed by atoms with Gasteiger partial charge in [0.05, 0.1) is 22.6 Å². The van der Waals surface area contributed by atoms with Gasteiger partial charge in [0.15, 0.2) is 0 Å². The standard InChI is InChI=1S/C22H24N8OS.CH4O3S/c1-2-16-11-23-22(24-12-16)29-9-7-17(8-10-29)21-26-18(14-32-21)13-31-20-5-3-19(4-6-20)30-15-25-27-28-30;1-5(2,3)4/h3-6,11-12,14-15,17H,2,7-10,13H2,1H3;1H3,(H,2,3,4). The van der Waals surface area contributed by atoms with Crippen molar-refractivity contribution in [2.75, 3.05) is 24.2 Å². The predicted octanol–water partition coefficient (Wildman–Crippen LogP) is 2.94. The van der Waals surface area contributed by atoms with Crippen LogP contribution in [0.2, 0.25) is 0 Å². The molecule has 3 aromatic heterocycles. The molecule has 1 aliphatic rings. The molecule has 14 heteroatoms. The van der Waals surface area contributed by atoms with E-state index in [1.165, 1.54) is 10.6 Å². The average molecular weight is 545 g/mol. The fourth-order valence-electron chi connectivity index (χ4n) is 3.73. The Labute approximate surface area is 219 Å². The van der Waals surface area contributed by atoms with Gasteiger partial charge in [-0.05, 0) is 59.5 Å². The first-order valence-electron chi connectivity index (χ1n) is 11.7. The van der Waals surface area contributed by atoms with Crippen molar-refractivity contribution in [2.24, 2.45) is 0 Å². The predicted molar refractivity (Wildman–Crippen MR) is 139 cm³/mol. The Kier molecular flexibility index (Phi) is 8.74. The Morgan fingerprint density at radius 1 is 1.14 bits per heavy atom. The Morgan fingerprint density at radius 3 is 2.41 bits per heavy atom. The van der Waals surface area contributed by atoms with Crippen LogP contribution in [0.15, 0.2) is 48.4 Å². The van der Waals surface area contributed by atoms with Crippen LogP contribution in [0.4, 0.5) is 5.95 Å². The van der Waals surface area contributed by atoms with Crippen LogP contribution in [-0.2, 0) is 23.1 Å². The largest absolute Gasteiger partial charge is 0.487 e. The van der Waals surface area contributed by atoms with Gasteiger partial charge in [0.25, 0.3) is 10.1 Å². The second kappa shape index (κ2) is 12.2. The summed E-state index contributed by atoms with van der Waals surface area (Å²) in [5, 5.41) is 14.5. The number of piperidine rings is 1. The van der Waals surface area contributed by atoms with Crippen LogP contribution in [0.3, 0.4) is 0 Å². The monoisotopic (exact) mass is 544 g/mol. The number of aromatic nitrogens is 7. The molecular weight excluding hydrogens is 516 g/mol. The molecule has 0 saturated carbocycles. The molecule has 1 aliphatic heterocycles. The van der Waals surface area contributed by atoms with Crippen LogP contribution < -0.4 is 9.64 Å². The Balaban J connectivity index is 0.000000586. The lowest BCUT2D eigenvalue weighted by atomic mass is 9.98. The van der Waals surface area contributed by atoms with Crippen molar-refractivity contribution in [2.45, 2.75) is 38.7 Å². The molecule has 0 radical (unpaired) electrons. The lowest BCUT2D eigenvalue weighted by molar-refractivity contribution is 0.301. The first kappa shape index (κ1) is 26.6. The van der Waals surface area contributed by atoms with E-state index in [4.69, 9.17) is 14.3 Å². The molecule has 0 atom stereocenters. The van der Waals surface area contributed by atoms with Gasteiger partial charge in [0.1, 0.15) is 18.7 Å². The summed E-state index contributed by atoms with van der Waals surface area (Å²) in [5.74, 6) is 2.11. The molecule has 1 saturated heterocycles. The number of nitrogens with zero attached hydrogens (tertiary/aromatic N) is 8. The Bertz CT molecular complexity index is 1340. The smallest absolute Gasteiger partial charge is 0.261 e. The maximum atomic E-state index is 9.19. The normalized spacial score (nSPS) is 14.2. The van der Waals surface area contributed by atoms with E-state index < -0.39 is 10.1 Å². The van der Waals surface area contributed by atoms with E-state index in [2.05, 4.69) is 42.7 Å². The number of benzene rings is 1. The molecular formula is C23H28N8O4S2. The van der Waals surface area contributed by atoms with Crippen LogP contribution in [0.1, 0.15) is 41.9 Å². The molecule has 0 spiro atoms. The van der Waals surface area contributed by atoms with E-state index in [9.17, 15) is 8.42 Å². The van der Waals surface area contributed by atoms with Crippen LogP contribution in [0, 0.1) is 0 Å². The molecule has 4 aromatic rings. The van der Waals surface area contributed by atoms with Gasteiger partial charge < -0.3 is 9.64 Å². The van der Waals surface area contributed by atoms with Crippen LogP contribution in [-0.4, -0.2) is 67.5 Å². The minimum atomic E-state index is -3.67. The van der Waals surface area contributed by atoms with Crippen molar-refractivity contribution < 1.29 is 17.7 Å². The van der Waals surface area contributed by atoms with E-state index in [0.29, 0.717) is 18.8 Å². The van der Waals surface area contributed by atoms with Gasteiger partial charge in [0.2, 0.25) is 5.95 Å². The summed E-state index contributed by atoms with van der Waals surface area (Å²) in [4.78, 5) is 16.2. The van der Waals surface area contributed by atoms with E-state index >= 15 is 0 Å². The highest BCUT2D eigenvalue weighted by Crippen LogP contribution is 2.31. The molecule has 196 valence electrons. The van der Waals surface area contributed by atoms with Gasteiger partial charge in [-0.2, -0.15) is 8.42 Å². The summed E-state index contributed by atoms with van der Waals surface area (Å²) in [6.07, 6.45) is 9.22. The number of thiazole rings is 1. The topological polar surface area (TPSA) is 149 Å². The van der Waals surface area contributed by atoms with Crippen LogP contribution in [0.5, 0.6) is 5.75 Å². The van der Waals surface area contributed by atoms with Crippen LogP contribution >= 0.6 is 11.3 Å². The first-order valence-corrected chi connectivity index (χ1v) is 14.4. The van der Waals surface area contributed by atoms with E-state index in [-0.39, 0.29) is 0 Å². The lowest BCUT2D eigenvalue weighted by Gasteiger charge is -2.31. The third-order valence-electron chi connectivity index (χ3n) is 5.63. The summed E-state index contributed by atoms with van der Waals surface area (Å²) in [6, 6.07) is 7.67. The average Bonchev–Trinajstić information content (AvgIpc) is 3.60. The molecule has 0 bridgehead atoms. The SMILES string of the molecule is CCc1cnc(N2CCC(c3nc(COc4ccc(-n5cnnn5)cc4)cs3)CC2)nc1.CS(=O)(=O)O. The minimum absolute atomic E-state index is 0.456. The number of hydrogen-bond acceptors (Lipinski definition) is 11. The highest BCUT2D eigenvalue weighted by Gasteiger charge is 2.24. The van der Waals surface area contributed by atoms with Crippen LogP contribution in [0.25, 0.3) is 5.69 Å². The number of rotatable bonds is 7. The molecule has 5 rings (SSSR count). The highest BCUT2D eigenvalue weighted by atomic mass is 32.2. The Morgan fingerprint density at radius 2 is 1.81 bits per heavy atom. The summed E-state index contributed by atoms with van der Waals surface area (Å²) in [6.45, 7) is 4.48. The van der Waals surface area contributed by atoms with Gasteiger partial charge in [-0.15, -0.1) is 16.4 Å². The number of tetrazole rings is 1. The third kappa shape index (κ3) is 8.00. The van der Waals surface area contributed by atoms with E-state index in [1.807, 2.05) is 36.7 Å². The zero-order valence-corrected chi connectivity index (χ0v) is 22.1. The third-order valence-corrected chi connectivity index (χ3v) is 6.69. The van der Waals surface area contributed by atoms with Crippen molar-refractivity contribution in [1.29, 1.82) is 0 Å². The fraction of sp³-hybridized carbons (Fsp3) is 0.391. The van der Waals surface area contributed by atoms with Gasteiger partial charge in [-0.25, -0.2) is 19.6 Å². The summed E-state index contributed by atoms with van der Waals surface area (Å²) in [7, 11) is -3.67. The highest BCUT2D eigenvalue weighted by molar-refractivity contribution is 7.85.